The summed E-state index contributed by atoms with van der Waals surface area (Å²) in [5.41, 5.74) is 3.34. The van der Waals surface area contributed by atoms with Gasteiger partial charge in [-0.2, -0.15) is 14.6 Å². The van der Waals surface area contributed by atoms with Crippen molar-refractivity contribution in [2.24, 2.45) is 0 Å². The molecule has 4 aromatic rings. The quantitative estimate of drug-likeness (QED) is 0.552. The zero-order valence-corrected chi connectivity index (χ0v) is 14.6. The molecule has 1 aliphatic heterocycles. The van der Waals surface area contributed by atoms with Crippen LogP contribution in [0.4, 0.5) is 11.5 Å². The van der Waals surface area contributed by atoms with Gasteiger partial charge >= 0.3 is 0 Å². The Morgan fingerprint density at radius 3 is 2.76 bits per heavy atom. The Balaban J connectivity index is 1.43. The second-order valence-corrected chi connectivity index (χ2v) is 7.08. The molecule has 5 rings (SSSR count). The third-order valence-corrected chi connectivity index (χ3v) is 5.55. The van der Waals surface area contributed by atoms with Crippen molar-refractivity contribution in [3.05, 3.63) is 41.8 Å². The van der Waals surface area contributed by atoms with E-state index in [2.05, 4.69) is 53.4 Å². The molecule has 0 spiro atoms. The highest BCUT2D eigenvalue weighted by Gasteiger charge is 2.22. The Morgan fingerprint density at radius 1 is 1.04 bits per heavy atom. The Morgan fingerprint density at radius 2 is 1.88 bits per heavy atom. The first kappa shape index (κ1) is 14.6. The zero-order valence-electron chi connectivity index (χ0n) is 13.8. The van der Waals surface area contributed by atoms with E-state index in [0.717, 1.165) is 43.2 Å². The molecule has 5 heterocycles. The Bertz CT molecular complexity index is 1050. The standard InChI is InChI=1S/C17H17N7S/c1-12-10-15(24-17(21-12)19-11-20-24)23-7-5-22(6-8-23)14-2-4-18-13-3-9-25-16(13)14/h2-4,9-11H,5-8H2,1H3. The molecule has 4 aromatic heterocycles. The maximum absolute atomic E-state index is 4.45. The number of rotatable bonds is 2. The molecule has 126 valence electrons. The number of pyridine rings is 1. The van der Waals surface area contributed by atoms with Crippen LogP contribution in [0.25, 0.3) is 16.0 Å². The SMILES string of the molecule is Cc1cc(N2CCN(c3ccnc4ccsc34)CC2)n2ncnc2n1. The van der Waals surface area contributed by atoms with Gasteiger partial charge in [-0.1, -0.05) is 0 Å². The van der Waals surface area contributed by atoms with Gasteiger partial charge in [0.2, 0.25) is 0 Å². The lowest BCUT2D eigenvalue weighted by atomic mass is 10.2. The van der Waals surface area contributed by atoms with Crippen molar-refractivity contribution in [1.29, 1.82) is 0 Å². The number of aromatic nitrogens is 5. The predicted octanol–water partition coefficient (Wildman–Crippen LogP) is 2.37. The van der Waals surface area contributed by atoms with Crippen LogP contribution in [0.5, 0.6) is 0 Å². The van der Waals surface area contributed by atoms with Crippen LogP contribution < -0.4 is 9.80 Å². The monoisotopic (exact) mass is 351 g/mol. The largest absolute Gasteiger partial charge is 0.367 e. The highest BCUT2D eigenvalue weighted by Crippen LogP contribution is 2.31. The summed E-state index contributed by atoms with van der Waals surface area (Å²) in [5.74, 6) is 1.72. The lowest BCUT2D eigenvalue weighted by molar-refractivity contribution is 0.639. The van der Waals surface area contributed by atoms with Crippen LogP contribution in [-0.4, -0.2) is 50.7 Å². The van der Waals surface area contributed by atoms with E-state index < -0.39 is 0 Å². The molecule has 0 atom stereocenters. The summed E-state index contributed by atoms with van der Waals surface area (Å²) in [6, 6.07) is 6.29. The molecule has 25 heavy (non-hydrogen) atoms. The molecule has 8 heteroatoms. The number of piperazine rings is 1. The van der Waals surface area contributed by atoms with Crippen LogP contribution in [0.3, 0.4) is 0 Å². The minimum Gasteiger partial charge on any atom is -0.367 e. The predicted molar refractivity (Wildman–Crippen MR) is 99.6 cm³/mol. The van der Waals surface area contributed by atoms with E-state index in [1.165, 1.54) is 10.4 Å². The Labute approximate surface area is 148 Å². The van der Waals surface area contributed by atoms with Crippen LogP contribution in [0.2, 0.25) is 0 Å². The van der Waals surface area contributed by atoms with E-state index in [9.17, 15) is 0 Å². The van der Waals surface area contributed by atoms with E-state index >= 15 is 0 Å². The van der Waals surface area contributed by atoms with Crippen LogP contribution in [0.15, 0.2) is 36.1 Å². The summed E-state index contributed by atoms with van der Waals surface area (Å²) in [7, 11) is 0. The number of aryl methyl sites for hydroxylation is 1. The van der Waals surface area contributed by atoms with Crippen molar-refractivity contribution >= 4 is 38.8 Å². The molecular formula is C17H17N7S. The minimum absolute atomic E-state index is 0.659. The first-order valence-corrected chi connectivity index (χ1v) is 9.17. The van der Waals surface area contributed by atoms with E-state index in [1.54, 1.807) is 17.7 Å². The normalized spacial score (nSPS) is 15.4. The van der Waals surface area contributed by atoms with Crippen LogP contribution in [-0.2, 0) is 0 Å². The van der Waals surface area contributed by atoms with Gasteiger partial charge in [-0.3, -0.25) is 4.98 Å². The maximum atomic E-state index is 4.45. The fourth-order valence-corrected chi connectivity index (χ4v) is 4.31. The second-order valence-electron chi connectivity index (χ2n) is 6.17. The summed E-state index contributed by atoms with van der Waals surface area (Å²) >= 11 is 1.76. The molecule has 0 amide bonds. The molecule has 1 aliphatic rings. The molecule has 0 aliphatic carbocycles. The van der Waals surface area contributed by atoms with E-state index in [4.69, 9.17) is 0 Å². The number of anilines is 2. The Hall–Kier alpha value is -2.74. The number of thiophene rings is 1. The molecule has 7 nitrogen and oxygen atoms in total. The highest BCUT2D eigenvalue weighted by atomic mass is 32.1. The van der Waals surface area contributed by atoms with E-state index in [0.29, 0.717) is 5.78 Å². The number of hydrogen-bond donors (Lipinski definition) is 0. The maximum Gasteiger partial charge on any atom is 0.254 e. The lowest BCUT2D eigenvalue weighted by Crippen LogP contribution is -2.47. The number of hydrogen-bond acceptors (Lipinski definition) is 7. The average Bonchev–Trinajstić information content (AvgIpc) is 3.29. The van der Waals surface area contributed by atoms with Crippen molar-refractivity contribution in [3.8, 4) is 0 Å². The zero-order chi connectivity index (χ0) is 16.8. The Kier molecular flexibility index (Phi) is 3.30. The number of fused-ring (bicyclic) bond motifs is 2. The molecule has 0 radical (unpaired) electrons. The molecular weight excluding hydrogens is 334 g/mol. The molecule has 0 unspecified atom stereocenters. The van der Waals surface area contributed by atoms with Crippen LogP contribution in [0, 0.1) is 6.92 Å². The molecule has 0 N–H and O–H groups in total. The third-order valence-electron chi connectivity index (χ3n) is 4.63. The van der Waals surface area contributed by atoms with Gasteiger partial charge in [0.25, 0.3) is 5.78 Å². The molecule has 1 fully saturated rings. The molecule has 0 bridgehead atoms. The van der Waals surface area contributed by atoms with Gasteiger partial charge in [-0.25, -0.2) is 4.98 Å². The van der Waals surface area contributed by atoms with Gasteiger partial charge in [-0.15, -0.1) is 11.3 Å². The summed E-state index contributed by atoms with van der Waals surface area (Å²) in [6.07, 6.45) is 3.47. The third kappa shape index (κ3) is 2.41. The minimum atomic E-state index is 0.659. The van der Waals surface area contributed by atoms with Gasteiger partial charge in [0, 0.05) is 44.1 Å². The summed E-state index contributed by atoms with van der Waals surface area (Å²) in [6.45, 7) is 5.81. The van der Waals surface area contributed by atoms with Crippen molar-refractivity contribution < 1.29 is 0 Å². The summed E-state index contributed by atoms with van der Waals surface area (Å²) in [5, 5.41) is 6.44. The summed E-state index contributed by atoms with van der Waals surface area (Å²) in [4.78, 5) is 17.9. The second kappa shape index (κ2) is 5.66. The van der Waals surface area contributed by atoms with Gasteiger partial charge < -0.3 is 9.80 Å². The van der Waals surface area contributed by atoms with Crippen LogP contribution >= 0.6 is 11.3 Å². The fraction of sp³-hybridized carbons (Fsp3) is 0.294. The van der Waals surface area contributed by atoms with E-state index in [-0.39, 0.29) is 0 Å². The van der Waals surface area contributed by atoms with Crippen molar-refractivity contribution in [2.45, 2.75) is 6.92 Å². The van der Waals surface area contributed by atoms with Crippen molar-refractivity contribution in [2.75, 3.05) is 36.0 Å². The van der Waals surface area contributed by atoms with Crippen molar-refractivity contribution in [3.63, 3.8) is 0 Å². The highest BCUT2D eigenvalue weighted by molar-refractivity contribution is 7.17. The first-order valence-electron chi connectivity index (χ1n) is 8.29. The van der Waals surface area contributed by atoms with Gasteiger partial charge in [0.15, 0.2) is 0 Å². The lowest BCUT2D eigenvalue weighted by Gasteiger charge is -2.37. The molecule has 0 saturated carbocycles. The summed E-state index contributed by atoms with van der Waals surface area (Å²) < 4.78 is 3.10. The fourth-order valence-electron chi connectivity index (χ4n) is 3.42. The number of nitrogens with zero attached hydrogens (tertiary/aromatic N) is 7. The first-order chi connectivity index (χ1) is 12.3. The molecule has 0 aromatic carbocycles. The van der Waals surface area contributed by atoms with Gasteiger partial charge in [-0.05, 0) is 24.4 Å². The van der Waals surface area contributed by atoms with Gasteiger partial charge in [0.1, 0.15) is 12.1 Å². The average molecular weight is 351 g/mol. The smallest absolute Gasteiger partial charge is 0.254 e. The van der Waals surface area contributed by atoms with E-state index in [1.807, 2.05) is 17.6 Å². The van der Waals surface area contributed by atoms with Gasteiger partial charge in [0.05, 0.1) is 15.9 Å². The van der Waals surface area contributed by atoms with Crippen molar-refractivity contribution in [1.82, 2.24) is 24.6 Å². The molecule has 1 saturated heterocycles. The topological polar surface area (TPSA) is 62.5 Å². The van der Waals surface area contributed by atoms with Crippen LogP contribution in [0.1, 0.15) is 5.69 Å².